The summed E-state index contributed by atoms with van der Waals surface area (Å²) in [6, 6.07) is 8.13. The number of nitrogens with one attached hydrogen (secondary N) is 2. The number of hydrogen-bond donors (Lipinski definition) is 3. The van der Waals surface area contributed by atoms with Crippen LogP contribution >= 0.6 is 0 Å². The van der Waals surface area contributed by atoms with Gasteiger partial charge in [0, 0.05) is 5.56 Å². The number of carbonyl (C=O) groups is 1. The molecule has 0 unspecified atom stereocenters. The Balaban J connectivity index is 2.02. The third-order valence-corrected chi connectivity index (χ3v) is 2.84. The highest BCUT2D eigenvalue weighted by molar-refractivity contribution is 5.96. The molecular formula is C15H16N2O3. The minimum atomic E-state index is -0.442. The van der Waals surface area contributed by atoms with Gasteiger partial charge in [0.1, 0.15) is 17.3 Å². The second-order valence-corrected chi connectivity index (χ2v) is 4.40. The minimum absolute atomic E-state index is 0.0762. The molecule has 0 aliphatic rings. The van der Waals surface area contributed by atoms with E-state index in [9.17, 15) is 9.90 Å². The number of phenols is 1. The summed E-state index contributed by atoms with van der Waals surface area (Å²) >= 11 is 0. The van der Waals surface area contributed by atoms with E-state index in [4.69, 9.17) is 4.42 Å². The fourth-order valence-corrected chi connectivity index (χ4v) is 1.86. The first kappa shape index (κ1) is 13.7. The van der Waals surface area contributed by atoms with Gasteiger partial charge in [-0.1, -0.05) is 18.7 Å². The van der Waals surface area contributed by atoms with Crippen molar-refractivity contribution in [2.45, 2.75) is 13.8 Å². The van der Waals surface area contributed by atoms with E-state index in [0.717, 1.165) is 17.1 Å². The largest absolute Gasteiger partial charge is 0.507 e. The molecule has 5 nitrogen and oxygen atoms in total. The van der Waals surface area contributed by atoms with Crippen LogP contribution in [0.2, 0.25) is 0 Å². The van der Waals surface area contributed by atoms with Gasteiger partial charge in [-0.2, -0.15) is 0 Å². The molecule has 0 saturated carbocycles. The standard InChI is InChI=1S/C15H16N2O3/c1-9-8-13(11(3)20-9)10(2)16-17-15(19)12-6-4-5-7-14(12)18/h4-8,16,18H,2H2,1,3H3,(H,17,19). The van der Waals surface area contributed by atoms with Crippen LogP contribution in [0.15, 0.2) is 41.3 Å². The van der Waals surface area contributed by atoms with Crippen LogP contribution in [0.5, 0.6) is 5.75 Å². The number of para-hydroxylation sites is 1. The molecule has 2 aromatic rings. The summed E-state index contributed by atoms with van der Waals surface area (Å²) in [4.78, 5) is 11.9. The van der Waals surface area contributed by atoms with E-state index in [1.807, 2.05) is 19.9 Å². The van der Waals surface area contributed by atoms with Crippen molar-refractivity contribution in [2.24, 2.45) is 0 Å². The number of benzene rings is 1. The van der Waals surface area contributed by atoms with Crippen LogP contribution in [-0.4, -0.2) is 11.0 Å². The molecule has 2 rings (SSSR count). The number of hydrogen-bond acceptors (Lipinski definition) is 4. The van der Waals surface area contributed by atoms with Crippen molar-refractivity contribution in [1.82, 2.24) is 10.9 Å². The molecule has 20 heavy (non-hydrogen) atoms. The molecule has 0 aliphatic heterocycles. The first-order valence-electron chi connectivity index (χ1n) is 6.09. The lowest BCUT2D eigenvalue weighted by Gasteiger charge is -2.11. The SMILES string of the molecule is C=C(NNC(=O)c1ccccc1O)c1cc(C)oc1C. The number of furan rings is 1. The van der Waals surface area contributed by atoms with Gasteiger partial charge in [0.25, 0.3) is 5.91 Å². The predicted molar refractivity (Wildman–Crippen MR) is 75.9 cm³/mol. The number of amides is 1. The first-order valence-corrected chi connectivity index (χ1v) is 6.09. The Morgan fingerprint density at radius 1 is 1.20 bits per heavy atom. The lowest BCUT2D eigenvalue weighted by atomic mass is 10.2. The molecule has 104 valence electrons. The van der Waals surface area contributed by atoms with Gasteiger partial charge >= 0.3 is 0 Å². The van der Waals surface area contributed by atoms with Crippen molar-refractivity contribution < 1.29 is 14.3 Å². The van der Waals surface area contributed by atoms with Crippen LogP contribution in [0.4, 0.5) is 0 Å². The molecule has 5 heteroatoms. The number of carbonyl (C=O) groups excluding carboxylic acids is 1. The fourth-order valence-electron chi connectivity index (χ4n) is 1.86. The zero-order valence-electron chi connectivity index (χ0n) is 11.4. The first-order chi connectivity index (χ1) is 9.49. The molecule has 0 aliphatic carbocycles. The summed E-state index contributed by atoms with van der Waals surface area (Å²) in [6.07, 6.45) is 0. The predicted octanol–water partition coefficient (Wildman–Crippen LogP) is 2.51. The van der Waals surface area contributed by atoms with Gasteiger partial charge in [0.05, 0.1) is 11.3 Å². The lowest BCUT2D eigenvalue weighted by Crippen LogP contribution is -2.35. The molecule has 0 fully saturated rings. The zero-order valence-corrected chi connectivity index (χ0v) is 11.4. The normalized spacial score (nSPS) is 10.1. The molecular weight excluding hydrogens is 256 g/mol. The van der Waals surface area contributed by atoms with Crippen LogP contribution in [0.3, 0.4) is 0 Å². The Bertz CT molecular complexity index is 659. The van der Waals surface area contributed by atoms with Gasteiger partial charge in [-0.25, -0.2) is 0 Å². The molecule has 0 bridgehead atoms. The summed E-state index contributed by atoms with van der Waals surface area (Å²) in [7, 11) is 0. The Hall–Kier alpha value is -2.69. The third-order valence-electron chi connectivity index (χ3n) is 2.84. The average Bonchev–Trinajstić information content (AvgIpc) is 2.75. The van der Waals surface area contributed by atoms with Crippen molar-refractivity contribution in [1.29, 1.82) is 0 Å². The van der Waals surface area contributed by atoms with Gasteiger partial charge in [-0.05, 0) is 32.0 Å². The van der Waals surface area contributed by atoms with Crippen LogP contribution in [0, 0.1) is 13.8 Å². The van der Waals surface area contributed by atoms with Crippen LogP contribution in [-0.2, 0) is 0 Å². The highest BCUT2D eigenvalue weighted by atomic mass is 16.3. The maximum absolute atomic E-state index is 11.9. The molecule has 3 N–H and O–H groups in total. The summed E-state index contributed by atoms with van der Waals surface area (Å²) in [6.45, 7) is 7.50. The maximum atomic E-state index is 11.9. The third kappa shape index (κ3) is 2.83. The van der Waals surface area contributed by atoms with E-state index in [0.29, 0.717) is 5.70 Å². The van der Waals surface area contributed by atoms with E-state index >= 15 is 0 Å². The van der Waals surface area contributed by atoms with E-state index in [2.05, 4.69) is 17.4 Å². The average molecular weight is 272 g/mol. The van der Waals surface area contributed by atoms with E-state index in [-0.39, 0.29) is 11.3 Å². The molecule has 1 aromatic carbocycles. The molecule has 0 radical (unpaired) electrons. The van der Waals surface area contributed by atoms with Crippen LogP contribution < -0.4 is 10.9 Å². The quantitative estimate of drug-likeness (QED) is 0.748. The van der Waals surface area contributed by atoms with Crippen molar-refractivity contribution >= 4 is 11.6 Å². The summed E-state index contributed by atoms with van der Waals surface area (Å²) in [5, 5.41) is 9.58. The number of rotatable bonds is 4. The highest BCUT2D eigenvalue weighted by Crippen LogP contribution is 2.19. The van der Waals surface area contributed by atoms with Crippen molar-refractivity contribution in [3.63, 3.8) is 0 Å². The number of aromatic hydroxyl groups is 1. The van der Waals surface area contributed by atoms with Gasteiger partial charge in [0.2, 0.25) is 0 Å². The van der Waals surface area contributed by atoms with Crippen LogP contribution in [0.1, 0.15) is 27.4 Å². The van der Waals surface area contributed by atoms with Gasteiger partial charge in [-0.15, -0.1) is 0 Å². The van der Waals surface area contributed by atoms with Crippen molar-refractivity contribution in [3.8, 4) is 5.75 Å². The number of hydrazine groups is 1. The maximum Gasteiger partial charge on any atom is 0.273 e. The van der Waals surface area contributed by atoms with Crippen LogP contribution in [0.25, 0.3) is 5.70 Å². The molecule has 1 amide bonds. The number of aryl methyl sites for hydroxylation is 2. The Kier molecular flexibility index (Phi) is 3.79. The highest BCUT2D eigenvalue weighted by Gasteiger charge is 2.12. The van der Waals surface area contributed by atoms with Gasteiger partial charge in [-0.3, -0.25) is 15.6 Å². The molecule has 0 atom stereocenters. The van der Waals surface area contributed by atoms with Crippen molar-refractivity contribution in [3.05, 3.63) is 59.6 Å². The van der Waals surface area contributed by atoms with Gasteiger partial charge in [0.15, 0.2) is 0 Å². The summed E-state index contributed by atoms with van der Waals surface area (Å²) in [5.74, 6) is 0.971. The molecule has 1 heterocycles. The molecule has 0 saturated heterocycles. The minimum Gasteiger partial charge on any atom is -0.507 e. The molecule has 1 aromatic heterocycles. The zero-order chi connectivity index (χ0) is 14.7. The second kappa shape index (κ2) is 5.52. The fraction of sp³-hybridized carbons (Fsp3) is 0.133. The van der Waals surface area contributed by atoms with E-state index in [1.54, 1.807) is 12.1 Å². The van der Waals surface area contributed by atoms with E-state index < -0.39 is 5.91 Å². The van der Waals surface area contributed by atoms with Crippen molar-refractivity contribution in [2.75, 3.05) is 0 Å². The summed E-state index contributed by atoms with van der Waals surface area (Å²) in [5.41, 5.74) is 6.69. The molecule has 0 spiro atoms. The lowest BCUT2D eigenvalue weighted by molar-refractivity contribution is 0.0940. The Morgan fingerprint density at radius 2 is 1.90 bits per heavy atom. The Labute approximate surface area is 116 Å². The Morgan fingerprint density at radius 3 is 2.50 bits per heavy atom. The smallest absolute Gasteiger partial charge is 0.273 e. The monoisotopic (exact) mass is 272 g/mol. The summed E-state index contributed by atoms with van der Waals surface area (Å²) < 4.78 is 5.39. The van der Waals surface area contributed by atoms with Gasteiger partial charge < -0.3 is 9.52 Å². The second-order valence-electron chi connectivity index (χ2n) is 4.40. The van der Waals surface area contributed by atoms with E-state index in [1.165, 1.54) is 12.1 Å². The topological polar surface area (TPSA) is 74.5 Å². The number of phenolic OH excluding ortho intramolecular Hbond substituents is 1.